The zero-order valence-electron chi connectivity index (χ0n) is 12.2. The van der Waals surface area contributed by atoms with Gasteiger partial charge in [0.25, 0.3) is 5.91 Å². The summed E-state index contributed by atoms with van der Waals surface area (Å²) in [5, 5.41) is 5.95. The number of amides is 1. The molecule has 0 aliphatic carbocycles. The van der Waals surface area contributed by atoms with E-state index in [-0.39, 0.29) is 11.7 Å². The molecule has 4 heteroatoms. The van der Waals surface area contributed by atoms with Crippen molar-refractivity contribution < 1.29 is 9.18 Å². The topological polar surface area (TPSA) is 41.1 Å². The molecular formula is C17H19FN2O. The molecule has 0 saturated carbocycles. The van der Waals surface area contributed by atoms with Gasteiger partial charge in [-0.05, 0) is 37.6 Å². The average molecular weight is 286 g/mol. The van der Waals surface area contributed by atoms with Gasteiger partial charge in [-0.1, -0.05) is 24.3 Å². The summed E-state index contributed by atoms with van der Waals surface area (Å²) in [6, 6.07) is 12.1. The maximum atomic E-state index is 13.6. The van der Waals surface area contributed by atoms with Crippen LogP contribution < -0.4 is 10.6 Å². The van der Waals surface area contributed by atoms with Crippen molar-refractivity contribution >= 4 is 11.6 Å². The molecule has 0 radical (unpaired) electrons. The number of hydrogen-bond acceptors (Lipinski definition) is 2. The molecule has 0 aromatic heterocycles. The fraction of sp³-hybridized carbons (Fsp3) is 0.235. The van der Waals surface area contributed by atoms with E-state index in [1.54, 1.807) is 30.3 Å². The first-order valence-electron chi connectivity index (χ1n) is 6.98. The summed E-state index contributed by atoms with van der Waals surface area (Å²) in [7, 11) is 0. The first-order valence-corrected chi connectivity index (χ1v) is 6.98. The van der Waals surface area contributed by atoms with Crippen LogP contribution in [-0.4, -0.2) is 12.5 Å². The fourth-order valence-electron chi connectivity index (χ4n) is 2.05. The van der Waals surface area contributed by atoms with E-state index in [9.17, 15) is 9.18 Å². The lowest BCUT2D eigenvalue weighted by atomic mass is 10.1. The molecule has 2 rings (SSSR count). The van der Waals surface area contributed by atoms with E-state index in [1.165, 1.54) is 6.07 Å². The number of nitrogens with one attached hydrogen (secondary N) is 2. The van der Waals surface area contributed by atoms with Crippen LogP contribution in [-0.2, 0) is 6.54 Å². The van der Waals surface area contributed by atoms with Gasteiger partial charge in [0.15, 0.2) is 0 Å². The summed E-state index contributed by atoms with van der Waals surface area (Å²) in [6.07, 6.45) is 0. The van der Waals surface area contributed by atoms with Gasteiger partial charge in [-0.2, -0.15) is 0 Å². The van der Waals surface area contributed by atoms with Gasteiger partial charge in [-0.25, -0.2) is 4.39 Å². The molecule has 0 heterocycles. The first kappa shape index (κ1) is 15.0. The molecule has 0 aliphatic heterocycles. The molecule has 2 aromatic carbocycles. The Morgan fingerprint density at radius 3 is 2.67 bits per heavy atom. The van der Waals surface area contributed by atoms with E-state index in [1.807, 2.05) is 19.9 Å². The molecule has 21 heavy (non-hydrogen) atoms. The third-order valence-corrected chi connectivity index (χ3v) is 3.26. The molecule has 0 bridgehead atoms. The van der Waals surface area contributed by atoms with Crippen molar-refractivity contribution in [1.29, 1.82) is 0 Å². The van der Waals surface area contributed by atoms with Gasteiger partial charge in [0.2, 0.25) is 0 Å². The van der Waals surface area contributed by atoms with Crippen molar-refractivity contribution in [3.8, 4) is 0 Å². The standard InChI is InChI=1S/C17H19FN2O/c1-3-19-17(21)13-9-8-12(2)16(10-13)20-11-14-6-4-5-7-15(14)18/h4-10,20H,3,11H2,1-2H3,(H,19,21). The van der Waals surface area contributed by atoms with Crippen LogP contribution in [0.5, 0.6) is 0 Å². The van der Waals surface area contributed by atoms with Gasteiger partial charge in [0.1, 0.15) is 5.82 Å². The van der Waals surface area contributed by atoms with Crippen molar-refractivity contribution in [3.05, 3.63) is 65.0 Å². The highest BCUT2D eigenvalue weighted by molar-refractivity contribution is 5.95. The number of aryl methyl sites for hydroxylation is 1. The van der Waals surface area contributed by atoms with Crippen LogP contribution in [0.4, 0.5) is 10.1 Å². The van der Waals surface area contributed by atoms with Gasteiger partial charge in [-0.3, -0.25) is 4.79 Å². The lowest BCUT2D eigenvalue weighted by Gasteiger charge is -2.12. The lowest BCUT2D eigenvalue weighted by Crippen LogP contribution is -2.22. The van der Waals surface area contributed by atoms with Gasteiger partial charge >= 0.3 is 0 Å². The third kappa shape index (κ3) is 3.81. The van der Waals surface area contributed by atoms with Gasteiger partial charge in [0, 0.05) is 29.9 Å². The van der Waals surface area contributed by atoms with Gasteiger partial charge in [0.05, 0.1) is 0 Å². The van der Waals surface area contributed by atoms with Crippen molar-refractivity contribution in [2.45, 2.75) is 20.4 Å². The van der Waals surface area contributed by atoms with Crippen molar-refractivity contribution in [2.75, 3.05) is 11.9 Å². The Balaban J connectivity index is 2.14. The van der Waals surface area contributed by atoms with E-state index < -0.39 is 0 Å². The molecule has 0 aliphatic rings. The third-order valence-electron chi connectivity index (χ3n) is 3.26. The Kier molecular flexibility index (Phi) is 4.93. The van der Waals surface area contributed by atoms with E-state index in [4.69, 9.17) is 0 Å². The molecule has 0 fully saturated rings. The zero-order valence-corrected chi connectivity index (χ0v) is 12.2. The van der Waals surface area contributed by atoms with Crippen molar-refractivity contribution in [3.63, 3.8) is 0 Å². The van der Waals surface area contributed by atoms with Crippen LogP contribution in [0.25, 0.3) is 0 Å². The predicted octanol–water partition coefficient (Wildman–Crippen LogP) is 3.50. The normalized spacial score (nSPS) is 10.2. The number of halogens is 1. The second kappa shape index (κ2) is 6.88. The highest BCUT2D eigenvalue weighted by atomic mass is 19.1. The van der Waals surface area contributed by atoms with Crippen LogP contribution in [0.1, 0.15) is 28.4 Å². The van der Waals surface area contributed by atoms with Crippen LogP contribution in [0.2, 0.25) is 0 Å². The molecule has 2 aromatic rings. The smallest absolute Gasteiger partial charge is 0.251 e. The number of hydrogen-bond donors (Lipinski definition) is 2. The molecule has 2 N–H and O–H groups in total. The summed E-state index contributed by atoms with van der Waals surface area (Å²) in [5.74, 6) is -0.339. The number of anilines is 1. The Morgan fingerprint density at radius 1 is 1.19 bits per heavy atom. The maximum Gasteiger partial charge on any atom is 0.251 e. The zero-order chi connectivity index (χ0) is 15.2. The number of carbonyl (C=O) groups is 1. The monoisotopic (exact) mass is 286 g/mol. The summed E-state index contributed by atoms with van der Waals surface area (Å²) in [5.41, 5.74) is 3.04. The number of rotatable bonds is 5. The number of carbonyl (C=O) groups excluding carboxylic acids is 1. The fourth-order valence-corrected chi connectivity index (χ4v) is 2.05. The molecule has 110 valence electrons. The van der Waals surface area contributed by atoms with Crippen LogP contribution in [0, 0.1) is 12.7 Å². The highest BCUT2D eigenvalue weighted by Gasteiger charge is 2.08. The number of benzene rings is 2. The van der Waals surface area contributed by atoms with E-state index in [0.29, 0.717) is 24.2 Å². The molecule has 0 unspecified atom stereocenters. The second-order valence-corrected chi connectivity index (χ2v) is 4.83. The maximum absolute atomic E-state index is 13.6. The van der Waals surface area contributed by atoms with Gasteiger partial charge < -0.3 is 10.6 Å². The summed E-state index contributed by atoms with van der Waals surface area (Å²) in [4.78, 5) is 11.8. The van der Waals surface area contributed by atoms with E-state index >= 15 is 0 Å². The molecule has 0 atom stereocenters. The van der Waals surface area contributed by atoms with Crippen molar-refractivity contribution in [2.24, 2.45) is 0 Å². The Bertz CT molecular complexity index is 640. The Labute approximate surface area is 124 Å². The van der Waals surface area contributed by atoms with Crippen LogP contribution in [0.3, 0.4) is 0 Å². The minimum atomic E-state index is -0.234. The molecule has 3 nitrogen and oxygen atoms in total. The molecule has 1 amide bonds. The second-order valence-electron chi connectivity index (χ2n) is 4.83. The summed E-state index contributed by atoms with van der Waals surface area (Å²) < 4.78 is 13.6. The van der Waals surface area contributed by atoms with E-state index in [2.05, 4.69) is 10.6 Å². The van der Waals surface area contributed by atoms with Crippen LogP contribution in [0.15, 0.2) is 42.5 Å². The van der Waals surface area contributed by atoms with Crippen LogP contribution >= 0.6 is 0 Å². The molecule has 0 spiro atoms. The summed E-state index contributed by atoms with van der Waals surface area (Å²) in [6.45, 7) is 4.80. The highest BCUT2D eigenvalue weighted by Crippen LogP contribution is 2.18. The SMILES string of the molecule is CCNC(=O)c1ccc(C)c(NCc2ccccc2F)c1. The summed E-state index contributed by atoms with van der Waals surface area (Å²) >= 11 is 0. The quantitative estimate of drug-likeness (QED) is 0.883. The first-order chi connectivity index (χ1) is 10.1. The minimum Gasteiger partial charge on any atom is -0.381 e. The van der Waals surface area contributed by atoms with E-state index in [0.717, 1.165) is 11.3 Å². The minimum absolute atomic E-state index is 0.105. The molecular weight excluding hydrogens is 267 g/mol. The lowest BCUT2D eigenvalue weighted by molar-refractivity contribution is 0.0956. The van der Waals surface area contributed by atoms with Crippen molar-refractivity contribution in [1.82, 2.24) is 5.32 Å². The molecule has 0 saturated heterocycles. The average Bonchev–Trinajstić information content (AvgIpc) is 2.48. The predicted molar refractivity (Wildman–Crippen MR) is 82.9 cm³/mol. The Hall–Kier alpha value is -2.36. The Morgan fingerprint density at radius 2 is 1.95 bits per heavy atom. The van der Waals surface area contributed by atoms with Gasteiger partial charge in [-0.15, -0.1) is 0 Å². The largest absolute Gasteiger partial charge is 0.381 e.